The van der Waals surface area contributed by atoms with E-state index < -0.39 is 0 Å². The molecule has 0 spiro atoms. The number of phenolic OH excluding ortho intramolecular Hbond substituents is 2. The molecule has 4 atom stereocenters. The molecule has 0 radical (unpaired) electrons. The first-order valence-electron chi connectivity index (χ1n) is 7.27. The smallest absolute Gasteiger partial charge is 0.124 e. The van der Waals surface area contributed by atoms with Crippen LogP contribution in [0.4, 0.5) is 0 Å². The zero-order valence-electron chi connectivity index (χ0n) is 12.1. The number of phenols is 2. The molecule has 1 aliphatic carbocycles. The fourth-order valence-electron chi connectivity index (χ4n) is 3.21. The van der Waals surface area contributed by atoms with E-state index in [0.29, 0.717) is 17.5 Å². The number of hydrogen-bond acceptors (Lipinski definition) is 3. The lowest BCUT2D eigenvalue weighted by Crippen LogP contribution is -2.41. The lowest BCUT2D eigenvalue weighted by atomic mass is 9.77. The molecule has 3 nitrogen and oxygen atoms in total. The third kappa shape index (κ3) is 3.03. The molecule has 0 amide bonds. The maximum Gasteiger partial charge on any atom is 0.124 e. The van der Waals surface area contributed by atoms with Crippen molar-refractivity contribution in [3.8, 4) is 11.5 Å². The first-order chi connectivity index (χ1) is 9.00. The van der Waals surface area contributed by atoms with E-state index in [-0.39, 0.29) is 17.5 Å². The Morgan fingerprint density at radius 1 is 1.16 bits per heavy atom. The van der Waals surface area contributed by atoms with Crippen LogP contribution in [0.3, 0.4) is 0 Å². The zero-order chi connectivity index (χ0) is 14.0. The molecule has 0 bridgehead atoms. The van der Waals surface area contributed by atoms with Crippen LogP contribution in [-0.4, -0.2) is 16.3 Å². The van der Waals surface area contributed by atoms with Crippen molar-refractivity contribution in [3.63, 3.8) is 0 Å². The van der Waals surface area contributed by atoms with E-state index in [1.165, 1.54) is 19.3 Å². The van der Waals surface area contributed by atoms with E-state index in [4.69, 9.17) is 0 Å². The van der Waals surface area contributed by atoms with Crippen LogP contribution in [0.15, 0.2) is 18.2 Å². The van der Waals surface area contributed by atoms with Gasteiger partial charge in [-0.15, -0.1) is 0 Å². The Balaban J connectivity index is 2.10. The number of benzene rings is 1. The molecule has 3 N–H and O–H groups in total. The summed E-state index contributed by atoms with van der Waals surface area (Å²) in [5.41, 5.74) is 0.605. The number of hydrogen-bond donors (Lipinski definition) is 3. The molecule has 3 heteroatoms. The second-order valence-electron chi connectivity index (χ2n) is 5.97. The Morgan fingerprint density at radius 3 is 2.42 bits per heavy atom. The monoisotopic (exact) mass is 263 g/mol. The van der Waals surface area contributed by atoms with E-state index in [1.54, 1.807) is 18.2 Å². The predicted molar refractivity (Wildman–Crippen MR) is 77.3 cm³/mol. The van der Waals surface area contributed by atoms with Crippen molar-refractivity contribution in [1.29, 1.82) is 0 Å². The van der Waals surface area contributed by atoms with Gasteiger partial charge in [-0.3, -0.25) is 0 Å². The fourth-order valence-corrected chi connectivity index (χ4v) is 3.21. The number of rotatable bonds is 3. The van der Waals surface area contributed by atoms with Gasteiger partial charge in [0.15, 0.2) is 0 Å². The maximum atomic E-state index is 9.91. The molecule has 2 rings (SSSR count). The highest BCUT2D eigenvalue weighted by atomic mass is 16.3. The predicted octanol–water partition coefficient (Wildman–Crippen LogP) is 3.57. The van der Waals surface area contributed by atoms with Crippen molar-refractivity contribution in [2.24, 2.45) is 11.8 Å². The van der Waals surface area contributed by atoms with Gasteiger partial charge >= 0.3 is 0 Å². The highest BCUT2D eigenvalue weighted by Gasteiger charge is 2.29. The van der Waals surface area contributed by atoms with Crippen LogP contribution in [0.2, 0.25) is 0 Å². The first-order valence-corrected chi connectivity index (χ1v) is 7.27. The van der Waals surface area contributed by atoms with E-state index >= 15 is 0 Å². The van der Waals surface area contributed by atoms with E-state index in [2.05, 4.69) is 19.2 Å². The molecule has 19 heavy (non-hydrogen) atoms. The van der Waals surface area contributed by atoms with Crippen molar-refractivity contribution in [1.82, 2.24) is 5.32 Å². The van der Waals surface area contributed by atoms with Crippen LogP contribution < -0.4 is 5.32 Å². The van der Waals surface area contributed by atoms with Gasteiger partial charge in [0.1, 0.15) is 11.5 Å². The quantitative estimate of drug-likeness (QED) is 0.781. The van der Waals surface area contributed by atoms with Gasteiger partial charge in [-0.25, -0.2) is 0 Å². The van der Waals surface area contributed by atoms with Gasteiger partial charge in [-0.05, 0) is 37.3 Å². The summed E-state index contributed by atoms with van der Waals surface area (Å²) in [4.78, 5) is 0. The Kier molecular flexibility index (Phi) is 4.35. The fraction of sp³-hybridized carbons (Fsp3) is 0.625. The third-order valence-electron chi connectivity index (χ3n) is 4.66. The lowest BCUT2D eigenvalue weighted by Gasteiger charge is -2.36. The van der Waals surface area contributed by atoms with Gasteiger partial charge in [0.25, 0.3) is 0 Å². The molecular formula is C16H25NO2. The summed E-state index contributed by atoms with van der Waals surface area (Å²) in [7, 11) is 0. The van der Waals surface area contributed by atoms with E-state index in [1.807, 2.05) is 6.92 Å². The summed E-state index contributed by atoms with van der Waals surface area (Å²) >= 11 is 0. The minimum absolute atomic E-state index is 0.0426. The summed E-state index contributed by atoms with van der Waals surface area (Å²) in [5, 5.41) is 23.4. The van der Waals surface area contributed by atoms with Crippen LogP contribution >= 0.6 is 0 Å². The van der Waals surface area contributed by atoms with Crippen molar-refractivity contribution >= 4 is 0 Å². The second kappa shape index (κ2) is 5.83. The molecule has 1 aromatic rings. The SMILES string of the molecule is CC(NC1CCCC(C)C1C)c1c(O)cccc1O. The lowest BCUT2D eigenvalue weighted by molar-refractivity contribution is 0.195. The minimum Gasteiger partial charge on any atom is -0.507 e. The molecule has 0 saturated heterocycles. The Labute approximate surface area is 115 Å². The molecule has 1 aliphatic rings. The van der Waals surface area contributed by atoms with E-state index in [9.17, 15) is 10.2 Å². The average molecular weight is 263 g/mol. The number of nitrogens with one attached hydrogen (secondary N) is 1. The molecule has 0 aliphatic heterocycles. The van der Waals surface area contributed by atoms with Crippen LogP contribution in [0, 0.1) is 11.8 Å². The van der Waals surface area contributed by atoms with Gasteiger partial charge in [-0.2, -0.15) is 0 Å². The topological polar surface area (TPSA) is 52.5 Å². The molecule has 0 aromatic heterocycles. The maximum absolute atomic E-state index is 9.91. The molecule has 106 valence electrons. The van der Waals surface area contributed by atoms with Gasteiger partial charge in [0.05, 0.1) is 5.56 Å². The summed E-state index contributed by atoms with van der Waals surface area (Å²) in [5.74, 6) is 1.69. The van der Waals surface area contributed by atoms with Crippen molar-refractivity contribution in [2.75, 3.05) is 0 Å². The van der Waals surface area contributed by atoms with Crippen LogP contribution in [-0.2, 0) is 0 Å². The average Bonchev–Trinajstić information content (AvgIpc) is 2.35. The van der Waals surface area contributed by atoms with Gasteiger partial charge < -0.3 is 15.5 Å². The highest BCUT2D eigenvalue weighted by Crippen LogP contribution is 2.35. The van der Waals surface area contributed by atoms with Crippen molar-refractivity contribution < 1.29 is 10.2 Å². The molecule has 1 saturated carbocycles. The standard InChI is InChI=1S/C16H25NO2/c1-10-6-4-7-13(11(10)2)17-12(3)16-14(18)8-5-9-15(16)19/h5,8-13,17-19H,4,6-7H2,1-3H3. The second-order valence-corrected chi connectivity index (χ2v) is 5.97. The zero-order valence-corrected chi connectivity index (χ0v) is 12.1. The Morgan fingerprint density at radius 2 is 1.79 bits per heavy atom. The van der Waals surface area contributed by atoms with Crippen molar-refractivity contribution in [2.45, 2.75) is 52.1 Å². The Bertz CT molecular complexity index is 413. The molecule has 1 aromatic carbocycles. The third-order valence-corrected chi connectivity index (χ3v) is 4.66. The molecule has 0 heterocycles. The number of aromatic hydroxyl groups is 2. The Hall–Kier alpha value is -1.22. The van der Waals surface area contributed by atoms with Gasteiger partial charge in [0.2, 0.25) is 0 Å². The largest absolute Gasteiger partial charge is 0.507 e. The van der Waals surface area contributed by atoms with Gasteiger partial charge in [0, 0.05) is 12.1 Å². The van der Waals surface area contributed by atoms with Crippen molar-refractivity contribution in [3.05, 3.63) is 23.8 Å². The van der Waals surface area contributed by atoms with Gasteiger partial charge in [-0.1, -0.05) is 32.8 Å². The molecular weight excluding hydrogens is 238 g/mol. The summed E-state index contributed by atoms with van der Waals surface area (Å²) < 4.78 is 0. The first kappa shape index (κ1) is 14.2. The minimum atomic E-state index is -0.0426. The molecule has 1 fully saturated rings. The van der Waals surface area contributed by atoms with Crippen LogP contribution in [0.5, 0.6) is 11.5 Å². The summed E-state index contributed by atoms with van der Waals surface area (Å²) in [6.45, 7) is 6.60. The molecule has 4 unspecified atom stereocenters. The van der Waals surface area contributed by atoms with Crippen LogP contribution in [0.1, 0.15) is 51.6 Å². The summed E-state index contributed by atoms with van der Waals surface area (Å²) in [6.07, 6.45) is 3.72. The highest BCUT2D eigenvalue weighted by molar-refractivity contribution is 5.44. The summed E-state index contributed by atoms with van der Waals surface area (Å²) in [6, 6.07) is 5.32. The van der Waals surface area contributed by atoms with Crippen LogP contribution in [0.25, 0.3) is 0 Å². The normalized spacial score (nSPS) is 29.1. The van der Waals surface area contributed by atoms with E-state index in [0.717, 1.165) is 5.92 Å².